The Kier molecular flexibility index (Phi) is 34.7. The number of hydrogen-bond donors (Lipinski definition) is 4. The van der Waals surface area contributed by atoms with Crippen LogP contribution in [0.15, 0.2) is 12.2 Å². The molecule has 0 aromatic rings. The van der Waals surface area contributed by atoms with E-state index in [1.165, 1.54) is 122 Å². The van der Waals surface area contributed by atoms with Crippen LogP contribution in [0.25, 0.3) is 0 Å². The van der Waals surface area contributed by atoms with E-state index in [2.05, 4.69) is 26.0 Å². The molecule has 13 heteroatoms. The van der Waals surface area contributed by atoms with Crippen LogP contribution in [-0.2, 0) is 38.7 Å². The van der Waals surface area contributed by atoms with E-state index in [-0.39, 0.29) is 19.4 Å². The van der Waals surface area contributed by atoms with Crippen LogP contribution < -0.4 is 0 Å². The van der Waals surface area contributed by atoms with Crippen molar-refractivity contribution in [1.29, 1.82) is 0 Å². The molecule has 0 amide bonds. The molecule has 4 N–H and O–H groups in total. The van der Waals surface area contributed by atoms with Gasteiger partial charge in [0.15, 0.2) is 12.4 Å². The average molecular weight is 863 g/mol. The van der Waals surface area contributed by atoms with Crippen LogP contribution in [0.1, 0.15) is 213 Å². The number of carbonyl (C=O) groups is 2. The molecule has 0 radical (unpaired) electrons. The SMILES string of the molecule is CCCCCCCC/C=C/CCCCCCCCCC(=O)O[C@H](COC(=O)CCCCCCCCCCCCCCCC)CO[C@H]1O[C@H](CS(=O)(=O)O)[C@@H](O)C(O)C1O. The zero-order valence-corrected chi connectivity index (χ0v) is 37.9. The Balaban J connectivity index is 2.42. The molecule has 1 fully saturated rings. The lowest BCUT2D eigenvalue weighted by Crippen LogP contribution is -2.60. The van der Waals surface area contributed by atoms with Crippen molar-refractivity contribution in [1.82, 2.24) is 0 Å². The van der Waals surface area contributed by atoms with Gasteiger partial charge in [-0.25, -0.2) is 0 Å². The molecule has 1 heterocycles. The number of allylic oxidation sites excluding steroid dienone is 2. The molecule has 1 aliphatic heterocycles. The molecule has 0 aromatic carbocycles. The van der Waals surface area contributed by atoms with Crippen molar-refractivity contribution in [2.45, 2.75) is 250 Å². The zero-order valence-electron chi connectivity index (χ0n) is 37.1. The van der Waals surface area contributed by atoms with Crippen LogP contribution in [0.4, 0.5) is 0 Å². The maximum atomic E-state index is 12.8. The lowest BCUT2D eigenvalue weighted by Gasteiger charge is -2.40. The second kappa shape index (κ2) is 37.0. The van der Waals surface area contributed by atoms with Gasteiger partial charge in [-0.15, -0.1) is 0 Å². The molecule has 12 nitrogen and oxygen atoms in total. The molecular formula is C46H86O12S. The van der Waals surface area contributed by atoms with Gasteiger partial charge < -0.3 is 34.3 Å². The highest BCUT2D eigenvalue weighted by Gasteiger charge is 2.46. The van der Waals surface area contributed by atoms with Crippen molar-refractivity contribution in [3.05, 3.63) is 12.2 Å². The summed E-state index contributed by atoms with van der Waals surface area (Å²) in [5.74, 6) is -1.97. The maximum Gasteiger partial charge on any atom is 0.306 e. The number of carbonyl (C=O) groups excluding carboxylic acids is 2. The van der Waals surface area contributed by atoms with Gasteiger partial charge in [0.05, 0.1) is 6.61 Å². The number of aliphatic hydroxyl groups is 3. The normalized spacial score (nSPS) is 20.3. The summed E-state index contributed by atoms with van der Waals surface area (Å²) in [5, 5.41) is 30.9. The first-order chi connectivity index (χ1) is 28.5. The molecule has 0 aliphatic carbocycles. The highest BCUT2D eigenvalue weighted by atomic mass is 32.2. The number of aliphatic hydroxyl groups excluding tert-OH is 3. The van der Waals surface area contributed by atoms with Gasteiger partial charge >= 0.3 is 11.9 Å². The van der Waals surface area contributed by atoms with E-state index < -0.39 is 71.2 Å². The van der Waals surface area contributed by atoms with Gasteiger partial charge in [-0.2, -0.15) is 8.42 Å². The Morgan fingerprint density at radius 3 is 1.41 bits per heavy atom. The fourth-order valence-corrected chi connectivity index (χ4v) is 8.07. The highest BCUT2D eigenvalue weighted by molar-refractivity contribution is 7.85. The minimum Gasteiger partial charge on any atom is -0.462 e. The van der Waals surface area contributed by atoms with E-state index in [0.29, 0.717) is 12.8 Å². The van der Waals surface area contributed by atoms with Crippen LogP contribution in [0.5, 0.6) is 0 Å². The van der Waals surface area contributed by atoms with E-state index in [1.54, 1.807) is 0 Å². The third kappa shape index (κ3) is 31.8. The van der Waals surface area contributed by atoms with Crippen LogP contribution in [0.3, 0.4) is 0 Å². The summed E-state index contributed by atoms with van der Waals surface area (Å²) in [4.78, 5) is 25.4. The maximum absolute atomic E-state index is 12.8. The fraction of sp³-hybridized carbons (Fsp3) is 0.913. The number of rotatable bonds is 40. The summed E-state index contributed by atoms with van der Waals surface area (Å²) < 4.78 is 54.1. The first-order valence-corrected chi connectivity index (χ1v) is 25.4. The molecular weight excluding hydrogens is 777 g/mol. The number of esters is 2. The summed E-state index contributed by atoms with van der Waals surface area (Å²) >= 11 is 0. The van der Waals surface area contributed by atoms with E-state index in [0.717, 1.165) is 51.4 Å². The third-order valence-corrected chi connectivity index (χ3v) is 11.8. The second-order valence-electron chi connectivity index (χ2n) is 16.8. The van der Waals surface area contributed by atoms with E-state index >= 15 is 0 Å². The minimum atomic E-state index is -4.60. The number of ether oxygens (including phenoxy) is 4. The summed E-state index contributed by atoms with van der Waals surface area (Å²) in [6.45, 7) is 3.77. The van der Waals surface area contributed by atoms with Crippen molar-refractivity contribution >= 4 is 22.1 Å². The molecule has 0 bridgehead atoms. The Labute approximate surface area is 358 Å². The van der Waals surface area contributed by atoms with Crippen LogP contribution in [-0.4, -0.2) is 96.0 Å². The summed E-state index contributed by atoms with van der Waals surface area (Å²) in [5.41, 5.74) is 0. The Morgan fingerprint density at radius 1 is 0.559 bits per heavy atom. The Morgan fingerprint density at radius 2 is 0.966 bits per heavy atom. The van der Waals surface area contributed by atoms with Crippen molar-refractivity contribution in [3.63, 3.8) is 0 Å². The first kappa shape index (κ1) is 55.4. The topological polar surface area (TPSA) is 186 Å². The second-order valence-corrected chi connectivity index (χ2v) is 18.3. The zero-order chi connectivity index (χ0) is 43.4. The lowest BCUT2D eigenvalue weighted by molar-refractivity contribution is -0.297. The monoisotopic (exact) mass is 863 g/mol. The fourth-order valence-electron chi connectivity index (χ4n) is 7.38. The molecule has 6 atom stereocenters. The average Bonchev–Trinajstić information content (AvgIpc) is 3.20. The number of hydrogen-bond acceptors (Lipinski definition) is 11. The Bertz CT molecular complexity index is 1150. The van der Waals surface area contributed by atoms with Crippen molar-refractivity contribution in [3.8, 4) is 0 Å². The predicted molar refractivity (Wildman–Crippen MR) is 234 cm³/mol. The van der Waals surface area contributed by atoms with Gasteiger partial charge in [0.1, 0.15) is 36.8 Å². The van der Waals surface area contributed by atoms with Gasteiger partial charge in [-0.1, -0.05) is 174 Å². The van der Waals surface area contributed by atoms with Crippen molar-refractivity contribution in [2.24, 2.45) is 0 Å². The van der Waals surface area contributed by atoms with Gasteiger partial charge in [-0.05, 0) is 38.5 Å². The summed E-state index contributed by atoms with van der Waals surface area (Å²) in [6, 6.07) is 0. The molecule has 348 valence electrons. The molecule has 2 unspecified atom stereocenters. The van der Waals surface area contributed by atoms with Crippen LogP contribution in [0, 0.1) is 0 Å². The third-order valence-electron chi connectivity index (χ3n) is 11.1. The molecule has 1 rings (SSSR count). The molecule has 1 saturated heterocycles. The van der Waals surface area contributed by atoms with Crippen LogP contribution >= 0.6 is 0 Å². The van der Waals surface area contributed by atoms with Gasteiger partial charge in [-0.3, -0.25) is 14.1 Å². The van der Waals surface area contributed by atoms with Crippen molar-refractivity contribution in [2.75, 3.05) is 19.0 Å². The number of unbranched alkanes of at least 4 members (excludes halogenated alkanes) is 26. The molecule has 0 saturated carbocycles. The summed E-state index contributed by atoms with van der Waals surface area (Å²) in [6.07, 6.45) is 29.6. The standard InChI is InChI=1S/C46H86O12S/c1-3-5-7-9-11-13-15-17-19-20-21-23-25-27-29-31-33-35-42(48)57-39(37-56-46-45(51)44(50)43(49)40(58-46)38-59(52,53)54)36-55-41(47)34-32-30-28-26-24-22-18-16-14-12-10-8-6-4-2/h17,19,39-40,43-46,49-51H,3-16,18,20-38H2,1-2H3,(H,52,53,54)/b19-17+/t39-,40-,43-,44?,45?,46+/m1/s1. The highest BCUT2D eigenvalue weighted by Crippen LogP contribution is 2.24. The van der Waals surface area contributed by atoms with Gasteiger partial charge in [0.25, 0.3) is 10.1 Å². The molecule has 1 aliphatic rings. The van der Waals surface area contributed by atoms with E-state index in [1.807, 2.05) is 0 Å². The smallest absolute Gasteiger partial charge is 0.306 e. The van der Waals surface area contributed by atoms with Crippen molar-refractivity contribution < 1.29 is 56.8 Å². The van der Waals surface area contributed by atoms with E-state index in [9.17, 15) is 37.9 Å². The van der Waals surface area contributed by atoms with Gasteiger partial charge in [0.2, 0.25) is 0 Å². The predicted octanol–water partition coefficient (Wildman–Crippen LogP) is 9.84. The first-order valence-electron chi connectivity index (χ1n) is 23.7. The van der Waals surface area contributed by atoms with Gasteiger partial charge in [0, 0.05) is 12.8 Å². The Hall–Kier alpha value is -1.61. The quantitative estimate of drug-likeness (QED) is 0.0198. The lowest BCUT2D eigenvalue weighted by atomic mass is 10.00. The minimum absolute atomic E-state index is 0.163. The largest absolute Gasteiger partial charge is 0.462 e. The molecule has 0 spiro atoms. The van der Waals surface area contributed by atoms with E-state index in [4.69, 9.17) is 18.9 Å². The molecule has 0 aromatic heterocycles. The van der Waals surface area contributed by atoms with Crippen LogP contribution in [0.2, 0.25) is 0 Å². The summed E-state index contributed by atoms with van der Waals surface area (Å²) in [7, 11) is -4.60. The molecule has 59 heavy (non-hydrogen) atoms.